The number of amides is 1. The maximum absolute atomic E-state index is 12.2. The van der Waals surface area contributed by atoms with Crippen molar-refractivity contribution in [3.05, 3.63) is 76.1 Å². The molecule has 1 aromatic carbocycles. The standard InChI is InChI=1S/C22H19N3O4S/c23-11-17-16-8-9-25(12-15-5-2-1-3-6-15)13-19(16)30-21(17)24-20(26)14-29-22(27)18-7-4-10-28-18/h1-7,10H,8-9,12-14H2,(H,24,26). The minimum absolute atomic E-state index is 0.0330. The zero-order valence-electron chi connectivity index (χ0n) is 16.1. The number of esters is 1. The van der Waals surface area contributed by atoms with Crippen molar-refractivity contribution in [2.24, 2.45) is 0 Å². The molecule has 1 amide bonds. The van der Waals surface area contributed by atoms with Crippen LogP contribution in [0.1, 0.15) is 32.1 Å². The molecule has 8 heteroatoms. The summed E-state index contributed by atoms with van der Waals surface area (Å²) in [6.07, 6.45) is 2.11. The van der Waals surface area contributed by atoms with Crippen molar-refractivity contribution >= 4 is 28.2 Å². The van der Waals surface area contributed by atoms with Gasteiger partial charge in [0.25, 0.3) is 5.91 Å². The zero-order chi connectivity index (χ0) is 20.9. The predicted octanol–water partition coefficient (Wildman–Crippen LogP) is 3.57. The number of fused-ring (bicyclic) bond motifs is 1. The number of nitrogens with one attached hydrogen (secondary N) is 1. The van der Waals surface area contributed by atoms with Crippen LogP contribution in [0.4, 0.5) is 5.00 Å². The van der Waals surface area contributed by atoms with Crippen LogP contribution in [0.15, 0.2) is 53.1 Å². The van der Waals surface area contributed by atoms with E-state index in [2.05, 4.69) is 28.4 Å². The van der Waals surface area contributed by atoms with E-state index < -0.39 is 18.5 Å². The Bertz CT molecular complexity index is 1080. The molecule has 0 saturated heterocycles. The molecule has 152 valence electrons. The molecule has 4 rings (SSSR count). The summed E-state index contributed by atoms with van der Waals surface area (Å²) in [5.74, 6) is -1.17. The van der Waals surface area contributed by atoms with E-state index in [-0.39, 0.29) is 5.76 Å². The summed E-state index contributed by atoms with van der Waals surface area (Å²) >= 11 is 1.41. The molecule has 0 bridgehead atoms. The normalized spacial score (nSPS) is 13.3. The molecular formula is C22H19N3O4S. The Labute approximate surface area is 177 Å². The molecule has 30 heavy (non-hydrogen) atoms. The molecule has 1 aliphatic heterocycles. The number of nitriles is 1. The Kier molecular flexibility index (Phi) is 5.93. The molecule has 1 N–H and O–H groups in total. The van der Waals surface area contributed by atoms with E-state index >= 15 is 0 Å². The van der Waals surface area contributed by atoms with Crippen molar-refractivity contribution in [3.63, 3.8) is 0 Å². The second kappa shape index (κ2) is 8.95. The van der Waals surface area contributed by atoms with Crippen LogP contribution in [0.2, 0.25) is 0 Å². The third kappa shape index (κ3) is 4.43. The van der Waals surface area contributed by atoms with Gasteiger partial charge in [0.05, 0.1) is 11.8 Å². The number of ether oxygens (including phenoxy) is 1. The van der Waals surface area contributed by atoms with Gasteiger partial charge in [-0.05, 0) is 29.7 Å². The van der Waals surface area contributed by atoms with E-state index in [9.17, 15) is 14.9 Å². The van der Waals surface area contributed by atoms with Crippen LogP contribution in [0, 0.1) is 11.3 Å². The monoisotopic (exact) mass is 421 g/mol. The number of carbonyl (C=O) groups is 2. The summed E-state index contributed by atoms with van der Waals surface area (Å²) in [5.41, 5.74) is 2.74. The quantitative estimate of drug-likeness (QED) is 0.612. The minimum Gasteiger partial charge on any atom is -0.457 e. The lowest BCUT2D eigenvalue weighted by molar-refractivity contribution is -0.119. The third-order valence-corrected chi connectivity index (χ3v) is 5.94. The molecule has 0 unspecified atom stereocenters. The number of hydrogen-bond donors (Lipinski definition) is 1. The van der Waals surface area contributed by atoms with E-state index in [1.54, 1.807) is 6.07 Å². The van der Waals surface area contributed by atoms with Gasteiger partial charge in [0.2, 0.25) is 5.76 Å². The van der Waals surface area contributed by atoms with E-state index in [1.165, 1.54) is 29.2 Å². The SMILES string of the molecule is N#Cc1c(NC(=O)COC(=O)c2ccco2)sc2c1CCN(Cc1ccccc1)C2. The number of anilines is 1. The van der Waals surface area contributed by atoms with Crippen LogP contribution < -0.4 is 5.32 Å². The number of rotatable bonds is 6. The predicted molar refractivity (Wildman–Crippen MR) is 111 cm³/mol. The third-order valence-electron chi connectivity index (χ3n) is 4.81. The maximum Gasteiger partial charge on any atom is 0.374 e. The molecule has 2 aromatic heterocycles. The molecule has 3 aromatic rings. The van der Waals surface area contributed by atoms with E-state index in [1.807, 2.05) is 18.2 Å². The highest BCUT2D eigenvalue weighted by atomic mass is 32.1. The van der Waals surface area contributed by atoms with Crippen LogP contribution >= 0.6 is 11.3 Å². The Balaban J connectivity index is 1.39. The molecule has 7 nitrogen and oxygen atoms in total. The Morgan fingerprint density at radius 3 is 2.80 bits per heavy atom. The molecule has 0 aliphatic carbocycles. The summed E-state index contributed by atoms with van der Waals surface area (Å²) in [7, 11) is 0. The second-order valence-corrected chi connectivity index (χ2v) is 7.97. The average Bonchev–Trinajstić information content (AvgIpc) is 3.40. The summed E-state index contributed by atoms with van der Waals surface area (Å²) in [5, 5.41) is 12.8. The molecule has 1 aliphatic rings. The molecule has 0 radical (unpaired) electrons. The topological polar surface area (TPSA) is 95.6 Å². The van der Waals surface area contributed by atoms with Crippen LogP contribution in [0.25, 0.3) is 0 Å². The highest BCUT2D eigenvalue weighted by Crippen LogP contribution is 2.37. The Morgan fingerprint density at radius 2 is 2.07 bits per heavy atom. The number of benzene rings is 1. The summed E-state index contributed by atoms with van der Waals surface area (Å²) in [6, 6.07) is 15.5. The smallest absolute Gasteiger partial charge is 0.374 e. The molecule has 0 saturated carbocycles. The molecule has 0 spiro atoms. The largest absolute Gasteiger partial charge is 0.457 e. The van der Waals surface area contributed by atoms with Gasteiger partial charge in [-0.3, -0.25) is 9.69 Å². The fourth-order valence-corrected chi connectivity index (χ4v) is 4.66. The lowest BCUT2D eigenvalue weighted by Gasteiger charge is -2.26. The van der Waals surface area contributed by atoms with Gasteiger partial charge in [-0.25, -0.2) is 4.79 Å². The highest BCUT2D eigenvalue weighted by molar-refractivity contribution is 7.16. The van der Waals surface area contributed by atoms with Gasteiger partial charge in [-0.15, -0.1) is 11.3 Å². The first-order valence-corrected chi connectivity index (χ1v) is 10.3. The van der Waals surface area contributed by atoms with Gasteiger partial charge in [0.1, 0.15) is 11.1 Å². The fourth-order valence-electron chi connectivity index (χ4n) is 3.40. The number of carbonyl (C=O) groups excluding carboxylic acids is 2. The van der Waals surface area contributed by atoms with Crippen molar-refractivity contribution in [1.82, 2.24) is 4.90 Å². The molecular weight excluding hydrogens is 402 g/mol. The number of thiophene rings is 1. The fraction of sp³-hybridized carbons (Fsp3) is 0.227. The first-order chi connectivity index (χ1) is 14.6. The second-order valence-electron chi connectivity index (χ2n) is 6.87. The van der Waals surface area contributed by atoms with Crippen molar-refractivity contribution in [2.75, 3.05) is 18.5 Å². The maximum atomic E-state index is 12.2. The van der Waals surface area contributed by atoms with Gasteiger partial charge in [-0.2, -0.15) is 5.26 Å². The summed E-state index contributed by atoms with van der Waals surface area (Å²) < 4.78 is 9.89. The van der Waals surface area contributed by atoms with Crippen LogP contribution in [0.3, 0.4) is 0 Å². The van der Waals surface area contributed by atoms with Crippen molar-refractivity contribution in [1.29, 1.82) is 5.26 Å². The molecule has 3 heterocycles. The first kappa shape index (κ1) is 19.9. The number of nitrogens with zero attached hydrogens (tertiary/aromatic N) is 2. The van der Waals surface area contributed by atoms with Crippen LogP contribution in [-0.2, 0) is 29.0 Å². The van der Waals surface area contributed by atoms with E-state index in [0.717, 1.165) is 36.5 Å². The highest BCUT2D eigenvalue weighted by Gasteiger charge is 2.25. The number of hydrogen-bond acceptors (Lipinski definition) is 7. The van der Waals surface area contributed by atoms with Crippen molar-refractivity contribution < 1.29 is 18.7 Å². The van der Waals surface area contributed by atoms with Gasteiger partial charge in [0.15, 0.2) is 6.61 Å². The van der Waals surface area contributed by atoms with Gasteiger partial charge >= 0.3 is 5.97 Å². The lowest BCUT2D eigenvalue weighted by Crippen LogP contribution is -2.29. The van der Waals surface area contributed by atoms with Crippen LogP contribution in [-0.4, -0.2) is 29.9 Å². The van der Waals surface area contributed by atoms with E-state index in [0.29, 0.717) is 10.6 Å². The van der Waals surface area contributed by atoms with Gasteiger partial charge in [-0.1, -0.05) is 30.3 Å². The van der Waals surface area contributed by atoms with Crippen molar-refractivity contribution in [2.45, 2.75) is 19.5 Å². The Hall–Kier alpha value is -3.41. The summed E-state index contributed by atoms with van der Waals surface area (Å²) in [4.78, 5) is 27.4. The van der Waals surface area contributed by atoms with Crippen LogP contribution in [0.5, 0.6) is 0 Å². The van der Waals surface area contributed by atoms with E-state index in [4.69, 9.17) is 9.15 Å². The lowest BCUT2D eigenvalue weighted by atomic mass is 10.0. The summed E-state index contributed by atoms with van der Waals surface area (Å²) in [6.45, 7) is 1.96. The average molecular weight is 421 g/mol. The van der Waals surface area contributed by atoms with Gasteiger partial charge in [0, 0.05) is 24.5 Å². The zero-order valence-corrected chi connectivity index (χ0v) is 16.9. The van der Waals surface area contributed by atoms with Gasteiger partial charge < -0.3 is 14.5 Å². The van der Waals surface area contributed by atoms with Crippen molar-refractivity contribution in [3.8, 4) is 6.07 Å². The molecule has 0 fully saturated rings. The number of furan rings is 1. The first-order valence-electron chi connectivity index (χ1n) is 9.45. The molecule has 0 atom stereocenters. The Morgan fingerprint density at radius 1 is 1.23 bits per heavy atom. The minimum atomic E-state index is -0.710.